The molecule has 3 nitrogen and oxygen atoms in total. The first-order valence-corrected chi connectivity index (χ1v) is 5.80. The van der Waals surface area contributed by atoms with Gasteiger partial charge < -0.3 is 11.1 Å². The van der Waals surface area contributed by atoms with Gasteiger partial charge in [-0.15, -0.1) is 0 Å². The molecule has 0 bridgehead atoms. The SMILES string of the molecule is CCCNC1(C(N)=O)Cc2ccccc2C1. The molecule has 0 saturated carbocycles. The monoisotopic (exact) mass is 218 g/mol. The van der Waals surface area contributed by atoms with E-state index in [2.05, 4.69) is 24.4 Å². The summed E-state index contributed by atoms with van der Waals surface area (Å²) in [6, 6.07) is 8.17. The Kier molecular flexibility index (Phi) is 2.97. The molecule has 0 aliphatic heterocycles. The first kappa shape index (κ1) is 11.1. The standard InChI is InChI=1S/C13H18N2O/c1-2-7-15-13(12(14)16)8-10-5-3-4-6-11(10)9-13/h3-6,15H,2,7-9H2,1H3,(H2,14,16). The first-order chi connectivity index (χ1) is 7.68. The lowest BCUT2D eigenvalue weighted by molar-refractivity contribution is -0.124. The summed E-state index contributed by atoms with van der Waals surface area (Å²) in [5.41, 5.74) is 7.48. The molecule has 3 heteroatoms. The van der Waals surface area contributed by atoms with E-state index in [4.69, 9.17) is 5.73 Å². The van der Waals surface area contributed by atoms with Crippen molar-refractivity contribution >= 4 is 5.91 Å². The molecular weight excluding hydrogens is 200 g/mol. The predicted molar refractivity (Wildman–Crippen MR) is 64.1 cm³/mol. The highest BCUT2D eigenvalue weighted by molar-refractivity contribution is 5.86. The van der Waals surface area contributed by atoms with Crippen molar-refractivity contribution < 1.29 is 4.79 Å². The topological polar surface area (TPSA) is 55.1 Å². The second kappa shape index (κ2) is 4.26. The van der Waals surface area contributed by atoms with Gasteiger partial charge in [0.15, 0.2) is 0 Å². The molecule has 1 aliphatic carbocycles. The number of nitrogens with two attached hydrogens (primary N) is 1. The molecule has 1 aromatic rings. The highest BCUT2D eigenvalue weighted by atomic mass is 16.1. The van der Waals surface area contributed by atoms with Crippen LogP contribution in [-0.2, 0) is 17.6 Å². The minimum absolute atomic E-state index is 0.239. The van der Waals surface area contributed by atoms with Crippen LogP contribution in [0.25, 0.3) is 0 Å². The van der Waals surface area contributed by atoms with Gasteiger partial charge in [0, 0.05) is 12.8 Å². The van der Waals surface area contributed by atoms with Crippen molar-refractivity contribution in [3.8, 4) is 0 Å². The van der Waals surface area contributed by atoms with E-state index in [0.29, 0.717) is 0 Å². The van der Waals surface area contributed by atoms with Crippen LogP contribution in [0.2, 0.25) is 0 Å². The molecule has 0 fully saturated rings. The average Bonchev–Trinajstić information content (AvgIpc) is 2.66. The third kappa shape index (κ3) is 1.83. The minimum atomic E-state index is -0.556. The van der Waals surface area contributed by atoms with Gasteiger partial charge in [-0.2, -0.15) is 0 Å². The maximum atomic E-state index is 11.7. The van der Waals surface area contributed by atoms with E-state index in [-0.39, 0.29) is 5.91 Å². The fourth-order valence-electron chi connectivity index (χ4n) is 2.37. The van der Waals surface area contributed by atoms with Crippen molar-refractivity contribution in [2.45, 2.75) is 31.7 Å². The third-order valence-electron chi connectivity index (χ3n) is 3.29. The van der Waals surface area contributed by atoms with E-state index in [1.807, 2.05) is 12.1 Å². The van der Waals surface area contributed by atoms with Crippen LogP contribution < -0.4 is 11.1 Å². The number of carbonyl (C=O) groups excluding carboxylic acids is 1. The summed E-state index contributed by atoms with van der Waals surface area (Å²) in [5.74, 6) is -0.239. The Morgan fingerprint density at radius 3 is 2.38 bits per heavy atom. The summed E-state index contributed by atoms with van der Waals surface area (Å²) in [6.45, 7) is 2.92. The van der Waals surface area contributed by atoms with Gasteiger partial charge in [0.05, 0.1) is 0 Å². The van der Waals surface area contributed by atoms with Gasteiger partial charge in [0.25, 0.3) is 0 Å². The molecule has 0 radical (unpaired) electrons. The molecule has 0 spiro atoms. The minimum Gasteiger partial charge on any atom is -0.368 e. The molecule has 0 heterocycles. The fraction of sp³-hybridized carbons (Fsp3) is 0.462. The molecule has 1 aliphatic rings. The molecule has 0 saturated heterocycles. The highest BCUT2D eigenvalue weighted by Crippen LogP contribution is 2.29. The number of hydrogen-bond acceptors (Lipinski definition) is 2. The molecule has 0 unspecified atom stereocenters. The molecule has 16 heavy (non-hydrogen) atoms. The zero-order chi connectivity index (χ0) is 11.6. The Hall–Kier alpha value is -1.35. The lowest BCUT2D eigenvalue weighted by Gasteiger charge is -2.26. The zero-order valence-electron chi connectivity index (χ0n) is 9.62. The van der Waals surface area contributed by atoms with Crippen molar-refractivity contribution in [1.29, 1.82) is 0 Å². The second-order valence-electron chi connectivity index (χ2n) is 4.50. The van der Waals surface area contributed by atoms with Gasteiger partial charge in [-0.05, 0) is 24.1 Å². The van der Waals surface area contributed by atoms with Crippen LogP contribution in [0.15, 0.2) is 24.3 Å². The smallest absolute Gasteiger partial charge is 0.238 e. The van der Waals surface area contributed by atoms with Crippen LogP contribution in [0.1, 0.15) is 24.5 Å². The van der Waals surface area contributed by atoms with Crippen molar-refractivity contribution in [1.82, 2.24) is 5.32 Å². The molecule has 1 amide bonds. The van der Waals surface area contributed by atoms with E-state index in [0.717, 1.165) is 25.8 Å². The fourth-order valence-corrected chi connectivity index (χ4v) is 2.37. The first-order valence-electron chi connectivity index (χ1n) is 5.80. The highest BCUT2D eigenvalue weighted by Gasteiger charge is 2.41. The summed E-state index contributed by atoms with van der Waals surface area (Å²) in [4.78, 5) is 11.7. The van der Waals surface area contributed by atoms with E-state index in [9.17, 15) is 4.79 Å². The van der Waals surface area contributed by atoms with Gasteiger partial charge in [-0.1, -0.05) is 31.2 Å². The largest absolute Gasteiger partial charge is 0.368 e. The summed E-state index contributed by atoms with van der Waals surface area (Å²) in [7, 11) is 0. The van der Waals surface area contributed by atoms with Crippen LogP contribution in [0.3, 0.4) is 0 Å². The molecular formula is C13H18N2O. The Balaban J connectivity index is 2.24. The Morgan fingerprint density at radius 1 is 1.38 bits per heavy atom. The summed E-state index contributed by atoms with van der Waals surface area (Å²) in [5, 5.41) is 3.32. The molecule has 1 aromatic carbocycles. The van der Waals surface area contributed by atoms with Crippen LogP contribution in [0.4, 0.5) is 0 Å². The van der Waals surface area contributed by atoms with Crippen molar-refractivity contribution in [3.05, 3.63) is 35.4 Å². The number of rotatable bonds is 4. The molecule has 3 N–H and O–H groups in total. The Morgan fingerprint density at radius 2 is 1.94 bits per heavy atom. The lowest BCUT2D eigenvalue weighted by Crippen LogP contribution is -2.56. The number of carbonyl (C=O) groups is 1. The Labute approximate surface area is 96.0 Å². The number of benzene rings is 1. The number of primary amides is 1. The zero-order valence-corrected chi connectivity index (χ0v) is 9.62. The van der Waals surface area contributed by atoms with Crippen LogP contribution >= 0.6 is 0 Å². The van der Waals surface area contributed by atoms with E-state index >= 15 is 0 Å². The molecule has 2 rings (SSSR count). The van der Waals surface area contributed by atoms with Gasteiger partial charge in [-0.25, -0.2) is 0 Å². The van der Waals surface area contributed by atoms with Crippen molar-refractivity contribution in [2.24, 2.45) is 5.73 Å². The average molecular weight is 218 g/mol. The second-order valence-corrected chi connectivity index (χ2v) is 4.50. The van der Waals surface area contributed by atoms with Crippen LogP contribution in [0.5, 0.6) is 0 Å². The summed E-state index contributed by atoms with van der Waals surface area (Å²) in [6.07, 6.45) is 2.45. The normalized spacial score (nSPS) is 17.1. The number of fused-ring (bicyclic) bond motifs is 1. The van der Waals surface area contributed by atoms with Crippen molar-refractivity contribution in [3.63, 3.8) is 0 Å². The van der Waals surface area contributed by atoms with Gasteiger partial charge in [-0.3, -0.25) is 4.79 Å². The van der Waals surface area contributed by atoms with Crippen LogP contribution in [-0.4, -0.2) is 18.0 Å². The lowest BCUT2D eigenvalue weighted by atomic mass is 9.94. The van der Waals surface area contributed by atoms with E-state index < -0.39 is 5.54 Å². The maximum absolute atomic E-state index is 11.7. The van der Waals surface area contributed by atoms with Crippen molar-refractivity contribution in [2.75, 3.05) is 6.54 Å². The quantitative estimate of drug-likeness (QED) is 0.792. The van der Waals surface area contributed by atoms with Gasteiger partial charge in [0.2, 0.25) is 5.91 Å². The molecule has 0 aromatic heterocycles. The van der Waals surface area contributed by atoms with Gasteiger partial charge in [0.1, 0.15) is 5.54 Å². The Bertz CT molecular complexity index is 376. The number of amides is 1. The maximum Gasteiger partial charge on any atom is 0.238 e. The number of hydrogen-bond donors (Lipinski definition) is 2. The molecule has 86 valence electrons. The van der Waals surface area contributed by atoms with E-state index in [1.54, 1.807) is 0 Å². The van der Waals surface area contributed by atoms with Gasteiger partial charge >= 0.3 is 0 Å². The summed E-state index contributed by atoms with van der Waals surface area (Å²) >= 11 is 0. The third-order valence-corrected chi connectivity index (χ3v) is 3.29. The molecule has 0 atom stereocenters. The van der Waals surface area contributed by atoms with E-state index in [1.165, 1.54) is 11.1 Å². The predicted octanol–water partition coefficient (Wildman–Crippen LogP) is 1.01. The summed E-state index contributed by atoms with van der Waals surface area (Å²) < 4.78 is 0. The van der Waals surface area contributed by atoms with Crippen LogP contribution in [0, 0.1) is 0 Å². The number of nitrogens with one attached hydrogen (secondary N) is 1.